The summed E-state index contributed by atoms with van der Waals surface area (Å²) >= 11 is 1.32. The van der Waals surface area contributed by atoms with E-state index >= 15 is 0 Å². The summed E-state index contributed by atoms with van der Waals surface area (Å²) in [6.45, 7) is 1.59. The summed E-state index contributed by atoms with van der Waals surface area (Å²) in [5.74, 6) is 0.719. The minimum atomic E-state index is 0.150. The van der Waals surface area contributed by atoms with E-state index < -0.39 is 0 Å². The fourth-order valence-electron chi connectivity index (χ4n) is 1.63. The highest BCUT2D eigenvalue weighted by Crippen LogP contribution is 2.18. The Kier molecular flexibility index (Phi) is 3.94. The molecule has 3 heteroatoms. The first kappa shape index (κ1) is 11.9. The second-order valence-corrected chi connectivity index (χ2v) is 4.85. The average Bonchev–Trinajstić information content (AvgIpc) is 2.34. The normalized spacial score (nSPS) is 11.1. The number of hydrogen-bond acceptors (Lipinski definition) is 3. The van der Waals surface area contributed by atoms with Crippen LogP contribution in [0.2, 0.25) is 0 Å². The van der Waals surface area contributed by atoms with Crippen molar-refractivity contribution in [3.63, 3.8) is 0 Å². The molecule has 0 unspecified atom stereocenters. The molecule has 0 aliphatic carbocycles. The molecule has 1 aromatic carbocycles. The quantitative estimate of drug-likeness (QED) is 0.826. The van der Waals surface area contributed by atoms with Gasteiger partial charge in [-0.3, -0.25) is 9.78 Å². The fraction of sp³-hybridized carbons (Fsp3) is 0.143. The third-order valence-electron chi connectivity index (χ3n) is 2.39. The number of thioether (sulfide) groups is 1. The number of pyridine rings is 1. The molecule has 2 rings (SSSR count). The van der Waals surface area contributed by atoms with Gasteiger partial charge in [-0.15, -0.1) is 0 Å². The topological polar surface area (TPSA) is 30.0 Å². The van der Waals surface area contributed by atoms with Crippen molar-refractivity contribution < 1.29 is 4.79 Å². The Morgan fingerprint density at radius 3 is 3.12 bits per heavy atom. The van der Waals surface area contributed by atoms with Crippen molar-refractivity contribution in [1.29, 1.82) is 0 Å². The van der Waals surface area contributed by atoms with Gasteiger partial charge in [0.1, 0.15) is 0 Å². The van der Waals surface area contributed by atoms with Gasteiger partial charge in [0.2, 0.25) is 0 Å². The molecule has 0 saturated heterocycles. The first-order valence-electron chi connectivity index (χ1n) is 5.40. The van der Waals surface area contributed by atoms with Crippen LogP contribution in [0.3, 0.4) is 0 Å². The maximum Gasteiger partial charge on any atom is 0.186 e. The number of nitrogens with zero attached hydrogens (tertiary/aromatic N) is 1. The second-order valence-electron chi connectivity index (χ2n) is 3.65. The minimum Gasteiger partial charge on any atom is -0.288 e. The van der Waals surface area contributed by atoms with Crippen molar-refractivity contribution in [2.45, 2.75) is 6.92 Å². The van der Waals surface area contributed by atoms with E-state index in [9.17, 15) is 4.79 Å². The highest BCUT2D eigenvalue weighted by atomic mass is 32.2. The third kappa shape index (κ3) is 3.17. The Labute approximate surface area is 105 Å². The zero-order valence-electron chi connectivity index (χ0n) is 9.59. The van der Waals surface area contributed by atoms with Crippen molar-refractivity contribution in [3.8, 4) is 0 Å². The molecule has 0 atom stereocenters. The Bertz CT molecular complexity index is 558. The first-order chi connectivity index (χ1) is 8.27. The number of benzene rings is 1. The fourth-order valence-corrected chi connectivity index (χ4v) is 2.06. The number of carbonyl (C=O) groups is 1. The van der Waals surface area contributed by atoms with Crippen LogP contribution in [-0.4, -0.2) is 15.9 Å². The molecular formula is C14H13NOS. The molecule has 0 amide bonds. The molecule has 0 radical (unpaired) electrons. The number of hydrogen-bond donors (Lipinski definition) is 0. The van der Waals surface area contributed by atoms with Gasteiger partial charge in [-0.2, -0.15) is 0 Å². The van der Waals surface area contributed by atoms with E-state index in [2.05, 4.69) is 17.1 Å². The van der Waals surface area contributed by atoms with Crippen molar-refractivity contribution in [1.82, 2.24) is 4.98 Å². The Morgan fingerprint density at radius 1 is 1.41 bits per heavy atom. The van der Waals surface area contributed by atoms with Gasteiger partial charge < -0.3 is 0 Å². The van der Waals surface area contributed by atoms with Crippen molar-refractivity contribution >= 4 is 33.7 Å². The highest BCUT2D eigenvalue weighted by Gasteiger charge is 1.96. The molecule has 2 aromatic rings. The van der Waals surface area contributed by atoms with Gasteiger partial charge in [-0.25, -0.2) is 0 Å². The summed E-state index contributed by atoms with van der Waals surface area (Å²) < 4.78 is 0. The van der Waals surface area contributed by atoms with Crippen LogP contribution in [0.5, 0.6) is 0 Å². The van der Waals surface area contributed by atoms with Crippen molar-refractivity contribution in [2.24, 2.45) is 0 Å². The third-order valence-corrected chi connectivity index (χ3v) is 3.16. The number of carbonyl (C=O) groups excluding carboxylic acids is 1. The Morgan fingerprint density at radius 2 is 2.29 bits per heavy atom. The molecule has 0 bridgehead atoms. The van der Waals surface area contributed by atoms with Gasteiger partial charge in [0, 0.05) is 30.5 Å². The van der Waals surface area contributed by atoms with Crippen LogP contribution in [-0.2, 0) is 4.79 Å². The lowest BCUT2D eigenvalue weighted by Gasteiger charge is -2.00. The molecule has 0 fully saturated rings. The van der Waals surface area contributed by atoms with Crippen LogP contribution in [0.25, 0.3) is 16.8 Å². The molecular weight excluding hydrogens is 230 g/mol. The number of aromatic nitrogens is 1. The standard InChI is InChI=1S/C14H13NOS/c1-11(16)17-9-3-6-12-4-2-5-13-10-15-8-7-14(12)13/h2-8,10H,9H2,1H3. The Balaban J connectivity index is 2.21. The van der Waals surface area contributed by atoms with Crippen LogP contribution >= 0.6 is 11.8 Å². The van der Waals surface area contributed by atoms with Crippen LogP contribution < -0.4 is 0 Å². The maximum absolute atomic E-state index is 10.8. The average molecular weight is 243 g/mol. The molecule has 0 N–H and O–H groups in total. The van der Waals surface area contributed by atoms with Crippen molar-refractivity contribution in [2.75, 3.05) is 5.75 Å². The maximum atomic E-state index is 10.8. The Hall–Kier alpha value is -1.61. The molecule has 1 aromatic heterocycles. The van der Waals surface area contributed by atoms with Gasteiger partial charge in [0.05, 0.1) is 0 Å². The van der Waals surface area contributed by atoms with Gasteiger partial charge in [-0.1, -0.05) is 42.1 Å². The number of fused-ring (bicyclic) bond motifs is 1. The van der Waals surface area contributed by atoms with Gasteiger partial charge in [-0.05, 0) is 17.0 Å². The van der Waals surface area contributed by atoms with Crippen LogP contribution in [0.1, 0.15) is 12.5 Å². The van der Waals surface area contributed by atoms with E-state index in [1.165, 1.54) is 17.1 Å². The monoisotopic (exact) mass is 243 g/mol. The largest absolute Gasteiger partial charge is 0.288 e. The van der Waals surface area contributed by atoms with Gasteiger partial charge in [0.25, 0.3) is 0 Å². The van der Waals surface area contributed by atoms with Crippen LogP contribution in [0.15, 0.2) is 42.7 Å². The molecule has 0 spiro atoms. The summed E-state index contributed by atoms with van der Waals surface area (Å²) in [6, 6.07) is 8.14. The summed E-state index contributed by atoms with van der Waals surface area (Å²) in [7, 11) is 0. The molecule has 0 saturated carbocycles. The number of rotatable bonds is 3. The summed E-state index contributed by atoms with van der Waals surface area (Å²) in [5, 5.41) is 2.47. The minimum absolute atomic E-state index is 0.150. The summed E-state index contributed by atoms with van der Waals surface area (Å²) in [4.78, 5) is 14.9. The molecule has 17 heavy (non-hydrogen) atoms. The zero-order chi connectivity index (χ0) is 12.1. The van der Waals surface area contributed by atoms with Crippen LogP contribution in [0, 0.1) is 0 Å². The van der Waals surface area contributed by atoms with Crippen LogP contribution in [0.4, 0.5) is 0 Å². The summed E-state index contributed by atoms with van der Waals surface area (Å²) in [5.41, 5.74) is 1.16. The van der Waals surface area contributed by atoms with E-state index in [1.807, 2.05) is 30.5 Å². The lowest BCUT2D eigenvalue weighted by molar-refractivity contribution is -0.109. The summed E-state index contributed by atoms with van der Waals surface area (Å²) in [6.07, 6.45) is 7.72. The predicted octanol–water partition coefficient (Wildman–Crippen LogP) is 3.53. The SMILES string of the molecule is CC(=O)SCC=Cc1cccc2cnccc12. The molecule has 86 valence electrons. The van der Waals surface area contributed by atoms with Gasteiger partial charge >= 0.3 is 0 Å². The lowest BCUT2D eigenvalue weighted by Crippen LogP contribution is -1.82. The lowest BCUT2D eigenvalue weighted by atomic mass is 10.1. The molecule has 1 heterocycles. The smallest absolute Gasteiger partial charge is 0.186 e. The first-order valence-corrected chi connectivity index (χ1v) is 6.38. The zero-order valence-corrected chi connectivity index (χ0v) is 10.4. The van der Waals surface area contributed by atoms with E-state index in [-0.39, 0.29) is 5.12 Å². The molecule has 0 aliphatic rings. The molecule has 0 aliphatic heterocycles. The van der Waals surface area contributed by atoms with Gasteiger partial charge in [0.15, 0.2) is 5.12 Å². The van der Waals surface area contributed by atoms with E-state index in [1.54, 1.807) is 13.1 Å². The second kappa shape index (κ2) is 5.64. The van der Waals surface area contributed by atoms with E-state index in [0.717, 1.165) is 16.7 Å². The molecule has 2 nitrogen and oxygen atoms in total. The van der Waals surface area contributed by atoms with E-state index in [0.29, 0.717) is 0 Å². The predicted molar refractivity (Wildman–Crippen MR) is 73.9 cm³/mol. The van der Waals surface area contributed by atoms with Crippen molar-refractivity contribution in [3.05, 3.63) is 48.3 Å². The highest BCUT2D eigenvalue weighted by molar-refractivity contribution is 8.13. The van der Waals surface area contributed by atoms with E-state index in [4.69, 9.17) is 0 Å².